The minimum atomic E-state index is 0.460. The molecule has 3 heteroatoms. The van der Waals surface area contributed by atoms with Gasteiger partial charge in [-0.25, -0.2) is 0 Å². The highest BCUT2D eigenvalue weighted by Crippen LogP contribution is 1.97. The molecule has 0 aromatic rings. The Bertz CT molecular complexity index is 272. The van der Waals surface area contributed by atoms with Crippen LogP contribution < -0.4 is 0 Å². The Morgan fingerprint density at radius 1 is 1.36 bits per heavy atom. The number of nitrogens with one attached hydrogen (secondary N) is 1. The molecule has 0 saturated heterocycles. The van der Waals surface area contributed by atoms with E-state index >= 15 is 0 Å². The lowest BCUT2D eigenvalue weighted by Gasteiger charge is -1.99. The van der Waals surface area contributed by atoms with Gasteiger partial charge in [-0.05, 0) is 16.2 Å². The molecule has 0 aromatic heterocycles. The van der Waals surface area contributed by atoms with E-state index in [1.807, 2.05) is 22.3 Å². The standard InChI is InChI=1S/C8H7IN2/c9-5-6-11-8-4-2-1-3-7(8)10/h1-6,10H/b6-5-,10-7?,11-8?. The van der Waals surface area contributed by atoms with Crippen LogP contribution in [0.1, 0.15) is 0 Å². The number of aliphatic imine (C=N–C) groups is 1. The zero-order valence-electron chi connectivity index (χ0n) is 5.79. The Balaban J connectivity index is 2.81. The lowest BCUT2D eigenvalue weighted by molar-refractivity contribution is 1.52. The van der Waals surface area contributed by atoms with Gasteiger partial charge in [-0.3, -0.25) is 10.4 Å². The Kier molecular flexibility index (Phi) is 3.22. The summed E-state index contributed by atoms with van der Waals surface area (Å²) in [6.07, 6.45) is 8.92. The molecule has 0 bridgehead atoms. The summed E-state index contributed by atoms with van der Waals surface area (Å²) >= 11 is 2.09. The summed E-state index contributed by atoms with van der Waals surface area (Å²) < 4.78 is 1.81. The smallest absolute Gasteiger partial charge is 0.0879 e. The van der Waals surface area contributed by atoms with Crippen LogP contribution in [-0.4, -0.2) is 11.4 Å². The van der Waals surface area contributed by atoms with Gasteiger partial charge in [0.2, 0.25) is 0 Å². The highest BCUT2D eigenvalue weighted by atomic mass is 127. The van der Waals surface area contributed by atoms with Crippen molar-refractivity contribution in [3.05, 3.63) is 34.6 Å². The third kappa shape index (κ3) is 2.42. The van der Waals surface area contributed by atoms with Crippen molar-refractivity contribution in [2.75, 3.05) is 0 Å². The van der Waals surface area contributed by atoms with Gasteiger partial charge in [-0.15, -0.1) is 0 Å². The van der Waals surface area contributed by atoms with E-state index in [4.69, 9.17) is 5.41 Å². The normalized spacial score (nSPS) is 20.5. The van der Waals surface area contributed by atoms with E-state index < -0.39 is 0 Å². The molecule has 11 heavy (non-hydrogen) atoms. The van der Waals surface area contributed by atoms with Crippen molar-refractivity contribution in [3.8, 4) is 0 Å². The number of hydrogen-bond donors (Lipinski definition) is 1. The largest absolute Gasteiger partial charge is 0.299 e. The molecule has 0 aromatic carbocycles. The Morgan fingerprint density at radius 3 is 2.73 bits per heavy atom. The summed E-state index contributed by atoms with van der Waals surface area (Å²) in [7, 11) is 0. The van der Waals surface area contributed by atoms with Gasteiger partial charge in [-0.1, -0.05) is 34.7 Å². The van der Waals surface area contributed by atoms with Gasteiger partial charge < -0.3 is 0 Å². The summed E-state index contributed by atoms with van der Waals surface area (Å²) in [5.74, 6) is 0. The topological polar surface area (TPSA) is 36.2 Å². The molecule has 0 radical (unpaired) electrons. The van der Waals surface area contributed by atoms with Gasteiger partial charge in [0.05, 0.1) is 11.4 Å². The van der Waals surface area contributed by atoms with E-state index in [0.717, 1.165) is 0 Å². The minimum Gasteiger partial charge on any atom is -0.299 e. The number of allylic oxidation sites excluding steroid dienone is 4. The number of nitrogens with zero attached hydrogens (tertiary/aromatic N) is 1. The van der Waals surface area contributed by atoms with E-state index in [2.05, 4.69) is 27.6 Å². The van der Waals surface area contributed by atoms with Crippen LogP contribution in [0.5, 0.6) is 0 Å². The molecular formula is C8H7IN2. The number of halogens is 1. The van der Waals surface area contributed by atoms with E-state index in [1.54, 1.807) is 12.3 Å². The van der Waals surface area contributed by atoms with Gasteiger partial charge in [0.25, 0.3) is 0 Å². The van der Waals surface area contributed by atoms with E-state index in [9.17, 15) is 0 Å². The van der Waals surface area contributed by atoms with Gasteiger partial charge in [0.1, 0.15) is 0 Å². The third-order valence-electron chi connectivity index (χ3n) is 1.17. The molecule has 0 unspecified atom stereocenters. The maximum atomic E-state index is 7.42. The molecule has 1 N–H and O–H groups in total. The molecule has 56 valence electrons. The lowest BCUT2D eigenvalue weighted by atomic mass is 10.1. The zero-order chi connectivity index (χ0) is 8.10. The second-order valence-electron chi connectivity index (χ2n) is 1.92. The summed E-state index contributed by atoms with van der Waals surface area (Å²) in [4.78, 5) is 4.05. The van der Waals surface area contributed by atoms with Crippen LogP contribution in [0.3, 0.4) is 0 Å². The minimum absolute atomic E-state index is 0.460. The van der Waals surface area contributed by atoms with Crippen molar-refractivity contribution in [3.63, 3.8) is 0 Å². The van der Waals surface area contributed by atoms with Crippen LogP contribution in [0.4, 0.5) is 0 Å². The second-order valence-corrected chi connectivity index (χ2v) is 2.64. The van der Waals surface area contributed by atoms with Gasteiger partial charge in [0.15, 0.2) is 0 Å². The monoisotopic (exact) mass is 258 g/mol. The molecule has 2 nitrogen and oxygen atoms in total. The summed E-state index contributed by atoms with van der Waals surface area (Å²) in [6, 6.07) is 0. The van der Waals surface area contributed by atoms with Crippen molar-refractivity contribution in [1.82, 2.24) is 0 Å². The zero-order valence-corrected chi connectivity index (χ0v) is 7.95. The van der Waals surface area contributed by atoms with Gasteiger partial charge in [-0.2, -0.15) is 0 Å². The fraction of sp³-hybridized carbons (Fsp3) is 0. The highest BCUT2D eigenvalue weighted by Gasteiger charge is 2.00. The van der Waals surface area contributed by atoms with Crippen molar-refractivity contribution in [2.45, 2.75) is 0 Å². The fourth-order valence-electron chi connectivity index (χ4n) is 0.695. The highest BCUT2D eigenvalue weighted by molar-refractivity contribution is 14.1. The fourth-order valence-corrected chi connectivity index (χ4v) is 0.856. The van der Waals surface area contributed by atoms with Crippen LogP contribution in [-0.2, 0) is 0 Å². The van der Waals surface area contributed by atoms with E-state index in [0.29, 0.717) is 11.4 Å². The first-order valence-corrected chi connectivity index (χ1v) is 4.36. The van der Waals surface area contributed by atoms with E-state index in [-0.39, 0.29) is 0 Å². The first-order chi connectivity index (χ1) is 5.34. The average molecular weight is 258 g/mol. The SMILES string of the molecule is N=C1C=CC=CC1=N/C=C\I. The lowest BCUT2D eigenvalue weighted by Crippen LogP contribution is -2.08. The van der Waals surface area contributed by atoms with Crippen molar-refractivity contribution >= 4 is 34.0 Å². The first kappa shape index (κ1) is 8.39. The van der Waals surface area contributed by atoms with Crippen LogP contribution >= 0.6 is 22.6 Å². The molecule has 1 aliphatic carbocycles. The molecule has 0 saturated carbocycles. The molecule has 0 fully saturated rings. The van der Waals surface area contributed by atoms with E-state index in [1.165, 1.54) is 0 Å². The molecule has 0 heterocycles. The summed E-state index contributed by atoms with van der Waals surface area (Å²) in [5.41, 5.74) is 1.17. The van der Waals surface area contributed by atoms with Crippen molar-refractivity contribution in [1.29, 1.82) is 5.41 Å². The van der Waals surface area contributed by atoms with Crippen LogP contribution in [0.2, 0.25) is 0 Å². The first-order valence-electron chi connectivity index (χ1n) is 3.11. The van der Waals surface area contributed by atoms with Crippen LogP contribution in [0.25, 0.3) is 0 Å². The molecule has 0 amide bonds. The van der Waals surface area contributed by atoms with Crippen molar-refractivity contribution in [2.24, 2.45) is 4.99 Å². The Labute approximate surface area is 79.1 Å². The molecular weight excluding hydrogens is 251 g/mol. The maximum Gasteiger partial charge on any atom is 0.0879 e. The van der Waals surface area contributed by atoms with Crippen LogP contribution in [0, 0.1) is 5.41 Å². The molecule has 1 rings (SSSR count). The van der Waals surface area contributed by atoms with Gasteiger partial charge in [0, 0.05) is 6.20 Å². The predicted molar refractivity (Wildman–Crippen MR) is 56.6 cm³/mol. The van der Waals surface area contributed by atoms with Crippen molar-refractivity contribution < 1.29 is 0 Å². The quantitative estimate of drug-likeness (QED) is 0.554. The molecule has 0 aliphatic heterocycles. The maximum absolute atomic E-state index is 7.42. The second kappa shape index (κ2) is 4.23. The molecule has 0 spiro atoms. The summed E-state index contributed by atoms with van der Waals surface area (Å²) in [5, 5.41) is 7.42. The molecule has 0 atom stereocenters. The average Bonchev–Trinajstić information content (AvgIpc) is 2.03. The number of rotatable bonds is 1. The predicted octanol–water partition coefficient (Wildman–Crippen LogP) is 2.48. The number of hydrogen-bond acceptors (Lipinski definition) is 2. The molecule has 1 aliphatic rings. The van der Waals surface area contributed by atoms with Gasteiger partial charge >= 0.3 is 0 Å². The third-order valence-corrected chi connectivity index (χ3v) is 1.50. The summed E-state index contributed by atoms with van der Waals surface area (Å²) in [6.45, 7) is 0. The van der Waals surface area contributed by atoms with Crippen LogP contribution in [0.15, 0.2) is 39.6 Å². The Hall–Kier alpha value is -0.710. The Morgan fingerprint density at radius 2 is 2.09 bits per heavy atom.